The lowest BCUT2D eigenvalue weighted by atomic mass is 9.85. The zero-order chi connectivity index (χ0) is 21.7. The summed E-state index contributed by atoms with van der Waals surface area (Å²) in [4.78, 5) is 52.5. The Balaban J connectivity index is 3.15. The van der Waals surface area contributed by atoms with Gasteiger partial charge in [-0.3, -0.25) is 19.2 Å². The van der Waals surface area contributed by atoms with E-state index in [1.165, 1.54) is 4.90 Å². The van der Waals surface area contributed by atoms with Crippen LogP contribution in [0.1, 0.15) is 54.9 Å². The summed E-state index contributed by atoms with van der Waals surface area (Å²) in [6.45, 7) is 12.9. The van der Waals surface area contributed by atoms with Gasteiger partial charge in [-0.05, 0) is 48.0 Å². The Morgan fingerprint density at radius 2 is 1.32 bits per heavy atom. The van der Waals surface area contributed by atoms with E-state index in [2.05, 4.69) is 0 Å². The smallest absolute Gasteiger partial charge is 0.321 e. The molecule has 28 heavy (non-hydrogen) atoms. The van der Waals surface area contributed by atoms with E-state index in [-0.39, 0.29) is 6.42 Å². The summed E-state index contributed by atoms with van der Waals surface area (Å²) in [5.41, 5.74) is -1.71. The summed E-state index contributed by atoms with van der Waals surface area (Å²) in [7, 11) is 0. The second-order valence-corrected chi connectivity index (χ2v) is 8.83. The molecule has 0 aromatic carbocycles. The van der Waals surface area contributed by atoms with Gasteiger partial charge >= 0.3 is 11.9 Å². The third-order valence-electron chi connectivity index (χ3n) is 4.01. The fourth-order valence-electron chi connectivity index (χ4n) is 2.81. The zero-order valence-corrected chi connectivity index (χ0v) is 18.0. The van der Waals surface area contributed by atoms with Gasteiger partial charge in [0.05, 0.1) is 19.1 Å². The molecule has 8 heteroatoms. The van der Waals surface area contributed by atoms with E-state index in [1.54, 1.807) is 48.5 Å². The Labute approximate surface area is 166 Å². The molecule has 160 valence electrons. The van der Waals surface area contributed by atoms with Gasteiger partial charge in [-0.1, -0.05) is 6.92 Å². The van der Waals surface area contributed by atoms with Crippen LogP contribution in [0.3, 0.4) is 0 Å². The van der Waals surface area contributed by atoms with Crippen LogP contribution in [0, 0.1) is 11.8 Å². The van der Waals surface area contributed by atoms with Gasteiger partial charge in [0, 0.05) is 13.1 Å². The van der Waals surface area contributed by atoms with Crippen molar-refractivity contribution in [3.05, 3.63) is 0 Å². The molecule has 0 unspecified atom stereocenters. The first kappa shape index (κ1) is 24.1. The van der Waals surface area contributed by atoms with E-state index in [0.29, 0.717) is 26.3 Å². The van der Waals surface area contributed by atoms with Crippen LogP contribution >= 0.6 is 0 Å². The van der Waals surface area contributed by atoms with Gasteiger partial charge in [-0.25, -0.2) is 0 Å². The largest absolute Gasteiger partial charge is 0.459 e. The molecule has 1 aliphatic rings. The number of esters is 2. The number of ether oxygens (including phenoxy) is 3. The predicted molar refractivity (Wildman–Crippen MR) is 101 cm³/mol. The average molecular weight is 399 g/mol. The standard InChI is InChI=1S/C20H33NO7/c1-8-13(15(22)16(23)21-9-11-26-12-10-21)14(17(24)27-19(2,3)4)18(25)28-20(5,6)7/h13-14H,8-12H2,1-7H3/t13-/m1/s1. The monoisotopic (exact) mass is 399 g/mol. The number of carbonyl (C=O) groups excluding carboxylic acids is 4. The van der Waals surface area contributed by atoms with Crippen LogP contribution in [0.15, 0.2) is 0 Å². The van der Waals surface area contributed by atoms with E-state index >= 15 is 0 Å². The molecule has 0 aromatic rings. The maximum atomic E-state index is 12.9. The van der Waals surface area contributed by atoms with E-state index in [1.807, 2.05) is 0 Å². The molecule has 0 radical (unpaired) electrons. The molecule has 1 fully saturated rings. The number of amides is 1. The number of carbonyl (C=O) groups is 4. The lowest BCUT2D eigenvalue weighted by molar-refractivity contribution is -0.179. The Kier molecular flexibility index (Phi) is 8.16. The number of morpholine rings is 1. The number of hydrogen-bond donors (Lipinski definition) is 0. The Morgan fingerprint density at radius 3 is 1.68 bits per heavy atom. The van der Waals surface area contributed by atoms with Crippen molar-refractivity contribution in [3.8, 4) is 0 Å². The van der Waals surface area contributed by atoms with Crippen molar-refractivity contribution in [3.63, 3.8) is 0 Å². The van der Waals surface area contributed by atoms with E-state index in [0.717, 1.165) is 0 Å². The molecule has 1 atom stereocenters. The Bertz CT molecular complexity index is 567. The fourth-order valence-corrected chi connectivity index (χ4v) is 2.81. The average Bonchev–Trinajstić information content (AvgIpc) is 2.55. The summed E-state index contributed by atoms with van der Waals surface area (Å²) in [5, 5.41) is 0. The molecular formula is C20H33NO7. The number of nitrogens with zero attached hydrogens (tertiary/aromatic N) is 1. The van der Waals surface area contributed by atoms with Gasteiger partial charge < -0.3 is 19.1 Å². The van der Waals surface area contributed by atoms with E-state index in [9.17, 15) is 19.2 Å². The van der Waals surface area contributed by atoms with Crippen molar-refractivity contribution >= 4 is 23.6 Å². The highest BCUT2D eigenvalue weighted by molar-refractivity contribution is 6.37. The third-order valence-corrected chi connectivity index (χ3v) is 4.01. The van der Waals surface area contributed by atoms with Crippen molar-refractivity contribution in [1.82, 2.24) is 4.90 Å². The maximum Gasteiger partial charge on any atom is 0.321 e. The van der Waals surface area contributed by atoms with E-state index < -0.39 is 46.7 Å². The molecule has 1 heterocycles. The maximum absolute atomic E-state index is 12.9. The SMILES string of the molecule is CC[C@@H](C(=O)C(=O)N1CCOCC1)C(C(=O)OC(C)(C)C)C(=O)OC(C)(C)C. The summed E-state index contributed by atoms with van der Waals surface area (Å²) < 4.78 is 15.9. The normalized spacial score (nSPS) is 16.5. The van der Waals surface area contributed by atoms with Crippen LogP contribution in [0.2, 0.25) is 0 Å². The lowest BCUT2D eigenvalue weighted by Crippen LogP contribution is -2.49. The first-order chi connectivity index (χ1) is 12.8. The van der Waals surface area contributed by atoms with Crippen molar-refractivity contribution in [2.24, 2.45) is 11.8 Å². The topological polar surface area (TPSA) is 99.2 Å². The molecule has 0 aliphatic carbocycles. The molecular weight excluding hydrogens is 366 g/mol. The lowest BCUT2D eigenvalue weighted by Gasteiger charge is -2.31. The molecule has 0 aromatic heterocycles. The second kappa shape index (κ2) is 9.49. The minimum absolute atomic E-state index is 0.123. The van der Waals surface area contributed by atoms with Gasteiger partial charge in [0.2, 0.25) is 5.78 Å². The summed E-state index contributed by atoms with van der Waals surface area (Å²) in [5.74, 6) is -5.88. The molecule has 1 rings (SSSR count). The number of Topliss-reactive ketones (excluding diaryl/α,β-unsaturated/α-hetero) is 1. The van der Waals surface area contributed by atoms with Crippen molar-refractivity contribution in [1.29, 1.82) is 0 Å². The summed E-state index contributed by atoms with van der Waals surface area (Å²) in [6.07, 6.45) is 0.123. The minimum atomic E-state index is -1.50. The molecule has 1 saturated heterocycles. The Hall–Kier alpha value is -1.96. The summed E-state index contributed by atoms with van der Waals surface area (Å²) in [6, 6.07) is 0. The highest BCUT2D eigenvalue weighted by Gasteiger charge is 2.45. The van der Waals surface area contributed by atoms with Gasteiger partial charge in [0.25, 0.3) is 5.91 Å². The van der Waals surface area contributed by atoms with Crippen LogP contribution < -0.4 is 0 Å². The number of hydrogen-bond acceptors (Lipinski definition) is 7. The van der Waals surface area contributed by atoms with Crippen molar-refractivity contribution in [2.75, 3.05) is 26.3 Å². The third kappa shape index (κ3) is 7.22. The number of ketones is 1. The van der Waals surface area contributed by atoms with Gasteiger partial charge in [0.1, 0.15) is 11.2 Å². The Morgan fingerprint density at radius 1 is 0.893 bits per heavy atom. The van der Waals surface area contributed by atoms with Crippen LogP contribution in [0.4, 0.5) is 0 Å². The van der Waals surface area contributed by atoms with Gasteiger partial charge in [-0.15, -0.1) is 0 Å². The molecule has 0 spiro atoms. The van der Waals surface area contributed by atoms with Crippen LogP contribution in [-0.2, 0) is 33.4 Å². The molecule has 8 nitrogen and oxygen atoms in total. The fraction of sp³-hybridized carbons (Fsp3) is 0.800. The highest BCUT2D eigenvalue weighted by atomic mass is 16.6. The highest BCUT2D eigenvalue weighted by Crippen LogP contribution is 2.26. The molecule has 1 amide bonds. The summed E-state index contributed by atoms with van der Waals surface area (Å²) >= 11 is 0. The molecule has 1 aliphatic heterocycles. The van der Waals surface area contributed by atoms with Crippen LogP contribution in [-0.4, -0.2) is 66.0 Å². The van der Waals surface area contributed by atoms with Crippen molar-refractivity contribution < 1.29 is 33.4 Å². The minimum Gasteiger partial charge on any atom is -0.459 e. The predicted octanol–water partition coefficient (Wildman–Crippen LogP) is 1.74. The van der Waals surface area contributed by atoms with Crippen LogP contribution in [0.5, 0.6) is 0 Å². The van der Waals surface area contributed by atoms with Gasteiger partial charge in [-0.2, -0.15) is 0 Å². The quantitative estimate of drug-likeness (QED) is 0.381. The molecule has 0 saturated carbocycles. The zero-order valence-electron chi connectivity index (χ0n) is 18.0. The van der Waals surface area contributed by atoms with E-state index in [4.69, 9.17) is 14.2 Å². The first-order valence-corrected chi connectivity index (χ1v) is 9.63. The molecule has 0 N–H and O–H groups in total. The number of rotatable bonds is 6. The first-order valence-electron chi connectivity index (χ1n) is 9.63. The van der Waals surface area contributed by atoms with Gasteiger partial charge in [0.15, 0.2) is 5.92 Å². The van der Waals surface area contributed by atoms with Crippen molar-refractivity contribution in [2.45, 2.75) is 66.1 Å². The second-order valence-electron chi connectivity index (χ2n) is 8.83. The van der Waals surface area contributed by atoms with Crippen LogP contribution in [0.25, 0.3) is 0 Å². The molecule has 0 bridgehead atoms.